The number of nitrogens with one attached hydrogen (secondary N) is 2. The highest BCUT2D eigenvalue weighted by molar-refractivity contribution is 7.92. The Morgan fingerprint density at radius 3 is 2.26 bits per heavy atom. The second-order valence-electron chi connectivity index (χ2n) is 6.21. The van der Waals surface area contributed by atoms with Gasteiger partial charge in [-0.3, -0.25) is 9.52 Å². The van der Waals surface area contributed by atoms with Crippen molar-refractivity contribution in [2.24, 2.45) is 0 Å². The van der Waals surface area contributed by atoms with Crippen molar-refractivity contribution < 1.29 is 17.6 Å². The summed E-state index contributed by atoms with van der Waals surface area (Å²) < 4.78 is 30.7. The zero-order chi connectivity index (χ0) is 19.0. The van der Waals surface area contributed by atoms with E-state index >= 15 is 0 Å². The van der Waals surface area contributed by atoms with Gasteiger partial charge in [0.05, 0.1) is 6.26 Å². The van der Waals surface area contributed by atoms with Crippen LogP contribution in [0.5, 0.6) is 0 Å². The molecule has 0 aliphatic heterocycles. The van der Waals surface area contributed by atoms with E-state index in [0.717, 1.165) is 22.6 Å². The molecular formula is C20H16N2O4S. The summed E-state index contributed by atoms with van der Waals surface area (Å²) in [5.74, 6) is -0.295. The van der Waals surface area contributed by atoms with Gasteiger partial charge in [0.2, 0.25) is 10.0 Å². The Bertz CT molecular complexity index is 1260. The third-order valence-electron chi connectivity index (χ3n) is 4.09. The molecule has 0 fully saturated rings. The Kier molecular flexibility index (Phi) is 4.08. The van der Waals surface area contributed by atoms with Crippen molar-refractivity contribution in [3.05, 3.63) is 72.3 Å². The van der Waals surface area contributed by atoms with Gasteiger partial charge in [0.15, 0.2) is 0 Å². The second kappa shape index (κ2) is 6.44. The van der Waals surface area contributed by atoms with Gasteiger partial charge in [0, 0.05) is 33.8 Å². The molecule has 4 aromatic rings. The molecular weight excluding hydrogens is 364 g/mol. The summed E-state index contributed by atoms with van der Waals surface area (Å²) in [6.07, 6.45) is 1.07. The molecule has 27 heavy (non-hydrogen) atoms. The van der Waals surface area contributed by atoms with E-state index in [1.54, 1.807) is 30.3 Å². The van der Waals surface area contributed by atoms with Gasteiger partial charge < -0.3 is 9.73 Å². The van der Waals surface area contributed by atoms with E-state index < -0.39 is 10.0 Å². The molecule has 7 heteroatoms. The molecule has 0 spiro atoms. The molecule has 6 nitrogen and oxygen atoms in total. The number of anilines is 2. The lowest BCUT2D eigenvalue weighted by Crippen LogP contribution is -2.12. The van der Waals surface area contributed by atoms with Gasteiger partial charge in [0.1, 0.15) is 11.2 Å². The maximum absolute atomic E-state index is 12.4. The van der Waals surface area contributed by atoms with Crippen LogP contribution < -0.4 is 10.0 Å². The zero-order valence-corrected chi connectivity index (χ0v) is 15.2. The van der Waals surface area contributed by atoms with Crippen molar-refractivity contribution in [2.45, 2.75) is 0 Å². The summed E-state index contributed by atoms with van der Waals surface area (Å²) >= 11 is 0. The van der Waals surface area contributed by atoms with Crippen LogP contribution in [-0.4, -0.2) is 20.6 Å². The first-order valence-corrected chi connectivity index (χ1v) is 10.1. The fourth-order valence-corrected chi connectivity index (χ4v) is 3.47. The molecule has 136 valence electrons. The van der Waals surface area contributed by atoms with E-state index in [4.69, 9.17) is 4.42 Å². The van der Waals surface area contributed by atoms with E-state index in [0.29, 0.717) is 22.5 Å². The molecule has 0 aliphatic carbocycles. The molecule has 0 saturated heterocycles. The Morgan fingerprint density at radius 1 is 0.852 bits per heavy atom. The maximum Gasteiger partial charge on any atom is 0.255 e. The summed E-state index contributed by atoms with van der Waals surface area (Å²) in [5, 5.41) is 4.84. The summed E-state index contributed by atoms with van der Waals surface area (Å²) in [6.45, 7) is 0. The Balaban J connectivity index is 1.56. The van der Waals surface area contributed by atoms with Crippen molar-refractivity contribution in [3.8, 4) is 0 Å². The molecule has 0 radical (unpaired) electrons. The van der Waals surface area contributed by atoms with Gasteiger partial charge in [-0.1, -0.05) is 18.2 Å². The SMILES string of the molecule is CS(=O)(=O)Nc1ccc(C(=O)Nc2ccc3c(c2)oc2ccccc23)cc1. The molecule has 0 saturated carbocycles. The maximum atomic E-state index is 12.4. The molecule has 1 aromatic heterocycles. The third-order valence-corrected chi connectivity index (χ3v) is 4.69. The van der Waals surface area contributed by atoms with Crippen LogP contribution in [0.1, 0.15) is 10.4 Å². The Morgan fingerprint density at radius 2 is 1.52 bits per heavy atom. The van der Waals surface area contributed by atoms with E-state index in [1.807, 2.05) is 36.4 Å². The van der Waals surface area contributed by atoms with Crippen molar-refractivity contribution >= 4 is 49.2 Å². The number of hydrogen-bond donors (Lipinski definition) is 2. The quantitative estimate of drug-likeness (QED) is 0.555. The smallest absolute Gasteiger partial charge is 0.255 e. The molecule has 4 rings (SSSR count). The van der Waals surface area contributed by atoms with Crippen LogP contribution in [0.2, 0.25) is 0 Å². The lowest BCUT2D eigenvalue weighted by Gasteiger charge is -2.07. The molecule has 0 bridgehead atoms. The van der Waals surface area contributed by atoms with Crippen LogP contribution >= 0.6 is 0 Å². The molecule has 0 aliphatic rings. The number of sulfonamides is 1. The lowest BCUT2D eigenvalue weighted by atomic mass is 10.1. The topological polar surface area (TPSA) is 88.4 Å². The zero-order valence-electron chi connectivity index (χ0n) is 14.4. The number of para-hydroxylation sites is 1. The monoisotopic (exact) mass is 380 g/mol. The number of fused-ring (bicyclic) bond motifs is 3. The number of hydrogen-bond acceptors (Lipinski definition) is 4. The molecule has 3 aromatic carbocycles. The first-order chi connectivity index (χ1) is 12.9. The number of carbonyl (C=O) groups excluding carboxylic acids is 1. The number of amides is 1. The number of benzene rings is 3. The summed E-state index contributed by atoms with van der Waals surface area (Å²) in [6, 6.07) is 19.5. The fourth-order valence-electron chi connectivity index (χ4n) is 2.91. The van der Waals surface area contributed by atoms with Gasteiger partial charge in [0.25, 0.3) is 5.91 Å². The van der Waals surface area contributed by atoms with Gasteiger partial charge in [-0.05, 0) is 42.5 Å². The third kappa shape index (κ3) is 3.63. The first kappa shape index (κ1) is 17.1. The summed E-state index contributed by atoms with van der Waals surface area (Å²) in [4.78, 5) is 12.4. The van der Waals surface area contributed by atoms with E-state index in [9.17, 15) is 13.2 Å². The Labute approximate surface area is 155 Å². The van der Waals surface area contributed by atoms with Crippen molar-refractivity contribution in [1.82, 2.24) is 0 Å². The molecule has 0 unspecified atom stereocenters. The largest absolute Gasteiger partial charge is 0.456 e. The highest BCUT2D eigenvalue weighted by Gasteiger charge is 2.10. The van der Waals surface area contributed by atoms with Crippen molar-refractivity contribution in [3.63, 3.8) is 0 Å². The van der Waals surface area contributed by atoms with Gasteiger partial charge >= 0.3 is 0 Å². The first-order valence-electron chi connectivity index (χ1n) is 8.19. The number of carbonyl (C=O) groups is 1. The minimum Gasteiger partial charge on any atom is -0.456 e. The van der Waals surface area contributed by atoms with E-state index in [1.165, 1.54) is 0 Å². The van der Waals surface area contributed by atoms with Gasteiger partial charge in [-0.2, -0.15) is 0 Å². The second-order valence-corrected chi connectivity index (χ2v) is 7.96. The lowest BCUT2D eigenvalue weighted by molar-refractivity contribution is 0.102. The molecule has 0 atom stereocenters. The standard InChI is InChI=1S/C20H16N2O4S/c1-27(24,25)22-14-8-6-13(7-9-14)20(23)21-15-10-11-17-16-4-2-3-5-18(16)26-19(17)12-15/h2-12,22H,1H3,(H,21,23). The van der Waals surface area contributed by atoms with Crippen molar-refractivity contribution in [2.75, 3.05) is 16.3 Å². The summed E-state index contributed by atoms with van der Waals surface area (Å²) in [5.41, 5.74) is 2.92. The fraction of sp³-hybridized carbons (Fsp3) is 0.0500. The highest BCUT2D eigenvalue weighted by Crippen LogP contribution is 2.30. The molecule has 2 N–H and O–H groups in total. The van der Waals surface area contributed by atoms with Crippen LogP contribution in [0.3, 0.4) is 0 Å². The van der Waals surface area contributed by atoms with E-state index in [-0.39, 0.29) is 5.91 Å². The predicted octanol–water partition coefficient (Wildman–Crippen LogP) is 4.21. The van der Waals surface area contributed by atoms with E-state index in [2.05, 4.69) is 10.0 Å². The van der Waals surface area contributed by atoms with Crippen LogP contribution in [0, 0.1) is 0 Å². The Hall–Kier alpha value is -3.32. The van der Waals surface area contributed by atoms with Gasteiger partial charge in [-0.15, -0.1) is 0 Å². The van der Waals surface area contributed by atoms with Gasteiger partial charge in [-0.25, -0.2) is 8.42 Å². The summed E-state index contributed by atoms with van der Waals surface area (Å²) in [7, 11) is -3.35. The highest BCUT2D eigenvalue weighted by atomic mass is 32.2. The minimum atomic E-state index is -3.35. The number of furan rings is 1. The van der Waals surface area contributed by atoms with Crippen LogP contribution in [0.25, 0.3) is 21.9 Å². The molecule has 1 amide bonds. The molecule has 1 heterocycles. The number of rotatable bonds is 4. The minimum absolute atomic E-state index is 0.295. The van der Waals surface area contributed by atoms with Crippen LogP contribution in [-0.2, 0) is 10.0 Å². The van der Waals surface area contributed by atoms with Crippen molar-refractivity contribution in [1.29, 1.82) is 0 Å². The van der Waals surface area contributed by atoms with Crippen LogP contribution in [0.15, 0.2) is 71.1 Å². The normalized spacial score (nSPS) is 11.6. The average molecular weight is 380 g/mol. The predicted molar refractivity (Wildman–Crippen MR) is 107 cm³/mol. The average Bonchev–Trinajstić information content (AvgIpc) is 2.98. The van der Waals surface area contributed by atoms with Crippen LogP contribution in [0.4, 0.5) is 11.4 Å².